The first-order valence-corrected chi connectivity index (χ1v) is 3.88. The summed E-state index contributed by atoms with van der Waals surface area (Å²) in [4.78, 5) is 0. The van der Waals surface area contributed by atoms with E-state index in [9.17, 15) is 0 Å². The number of amidine groups is 1. The first-order chi connectivity index (χ1) is 4.84. The summed E-state index contributed by atoms with van der Waals surface area (Å²) < 4.78 is 0. The Hall–Kier alpha value is -0.730. The Morgan fingerprint density at radius 3 is 2.40 bits per heavy atom. The van der Waals surface area contributed by atoms with Gasteiger partial charge >= 0.3 is 0 Å². The third kappa shape index (κ3) is 0.632. The van der Waals surface area contributed by atoms with Crippen LogP contribution in [0.2, 0.25) is 0 Å². The van der Waals surface area contributed by atoms with Crippen molar-refractivity contribution in [2.75, 3.05) is 0 Å². The van der Waals surface area contributed by atoms with Gasteiger partial charge in [-0.2, -0.15) is 5.10 Å². The Kier molecular flexibility index (Phi) is 1.13. The van der Waals surface area contributed by atoms with Crippen LogP contribution in [0.5, 0.6) is 0 Å². The van der Waals surface area contributed by atoms with E-state index in [4.69, 9.17) is 11.6 Å². The second kappa shape index (κ2) is 1.87. The fourth-order valence-corrected chi connectivity index (χ4v) is 2.35. The highest BCUT2D eigenvalue weighted by atomic mass is 15.2. The van der Waals surface area contributed by atoms with Crippen LogP contribution in [-0.4, -0.2) is 5.84 Å². The van der Waals surface area contributed by atoms with E-state index in [0.717, 1.165) is 11.8 Å². The van der Waals surface area contributed by atoms with E-state index >= 15 is 0 Å². The van der Waals surface area contributed by atoms with Crippen molar-refractivity contribution >= 4 is 5.84 Å². The summed E-state index contributed by atoms with van der Waals surface area (Å²) in [6.45, 7) is 0. The molecule has 10 heavy (non-hydrogen) atoms. The lowest BCUT2D eigenvalue weighted by Gasteiger charge is -1.99. The molecule has 0 saturated heterocycles. The van der Waals surface area contributed by atoms with Crippen LogP contribution < -0.4 is 11.6 Å². The molecule has 0 aromatic rings. The Morgan fingerprint density at radius 2 is 1.90 bits per heavy atom. The SMILES string of the molecule is NN=C(N)C1C2CCCC21. The van der Waals surface area contributed by atoms with Crippen molar-refractivity contribution in [3.63, 3.8) is 0 Å². The quantitative estimate of drug-likeness (QED) is 0.237. The Morgan fingerprint density at radius 1 is 1.30 bits per heavy atom. The van der Waals surface area contributed by atoms with Gasteiger partial charge in [-0.25, -0.2) is 0 Å². The van der Waals surface area contributed by atoms with Crippen LogP contribution in [0.4, 0.5) is 0 Å². The van der Waals surface area contributed by atoms with E-state index in [1.807, 2.05) is 0 Å². The largest absolute Gasteiger partial charge is 0.385 e. The molecule has 3 nitrogen and oxygen atoms in total. The predicted octanol–water partition coefficient (Wildman–Crippen LogP) is 0.263. The van der Waals surface area contributed by atoms with E-state index < -0.39 is 0 Å². The fraction of sp³-hybridized carbons (Fsp3) is 0.857. The first-order valence-electron chi connectivity index (χ1n) is 3.88. The molecule has 0 radical (unpaired) electrons. The minimum absolute atomic E-state index is 0.554. The Balaban J connectivity index is 2.01. The third-order valence-electron chi connectivity index (χ3n) is 2.90. The van der Waals surface area contributed by atoms with Crippen molar-refractivity contribution in [2.45, 2.75) is 19.3 Å². The van der Waals surface area contributed by atoms with Gasteiger partial charge in [0, 0.05) is 5.92 Å². The molecule has 3 heteroatoms. The molecule has 0 heterocycles. The molecule has 0 amide bonds. The van der Waals surface area contributed by atoms with Gasteiger partial charge in [0.15, 0.2) is 0 Å². The standard InChI is InChI=1S/C7H13N3/c8-7(10-9)6-4-2-1-3-5(4)6/h4-6H,1-3,9H2,(H2,8,10). The van der Waals surface area contributed by atoms with Crippen molar-refractivity contribution in [2.24, 2.45) is 34.4 Å². The zero-order valence-electron chi connectivity index (χ0n) is 5.96. The zero-order chi connectivity index (χ0) is 7.14. The Bertz CT molecular complexity index is 166. The van der Waals surface area contributed by atoms with Crippen molar-refractivity contribution < 1.29 is 0 Å². The maximum absolute atomic E-state index is 5.59. The van der Waals surface area contributed by atoms with Gasteiger partial charge in [0.05, 0.1) is 0 Å². The van der Waals surface area contributed by atoms with Crippen LogP contribution in [-0.2, 0) is 0 Å². The average Bonchev–Trinajstić information content (AvgIpc) is 2.43. The minimum atomic E-state index is 0.554. The van der Waals surface area contributed by atoms with Gasteiger partial charge in [-0.15, -0.1) is 0 Å². The van der Waals surface area contributed by atoms with Crippen LogP contribution in [0, 0.1) is 17.8 Å². The van der Waals surface area contributed by atoms with E-state index in [1.165, 1.54) is 19.3 Å². The van der Waals surface area contributed by atoms with Crippen LogP contribution in [0.15, 0.2) is 5.10 Å². The molecular formula is C7H13N3. The molecule has 0 spiro atoms. The summed E-state index contributed by atoms with van der Waals surface area (Å²) in [6, 6.07) is 0. The highest BCUT2D eigenvalue weighted by Gasteiger charge is 2.54. The number of hydrogen-bond acceptors (Lipinski definition) is 2. The van der Waals surface area contributed by atoms with Gasteiger partial charge in [-0.3, -0.25) is 0 Å². The monoisotopic (exact) mass is 139 g/mol. The molecule has 4 N–H and O–H groups in total. The lowest BCUT2D eigenvalue weighted by atomic mass is 10.1. The summed E-state index contributed by atoms with van der Waals surface area (Å²) in [5.74, 6) is 7.99. The van der Waals surface area contributed by atoms with Crippen molar-refractivity contribution in [1.82, 2.24) is 0 Å². The summed E-state index contributed by atoms with van der Waals surface area (Å²) in [7, 11) is 0. The maximum Gasteiger partial charge on any atom is 0.123 e. The molecule has 2 fully saturated rings. The Labute approximate surface area is 60.5 Å². The smallest absolute Gasteiger partial charge is 0.123 e. The van der Waals surface area contributed by atoms with Crippen molar-refractivity contribution in [3.8, 4) is 0 Å². The molecule has 0 aromatic carbocycles. The fourth-order valence-electron chi connectivity index (χ4n) is 2.35. The van der Waals surface area contributed by atoms with Crippen LogP contribution in [0.25, 0.3) is 0 Å². The van der Waals surface area contributed by atoms with E-state index in [0.29, 0.717) is 11.8 Å². The van der Waals surface area contributed by atoms with E-state index in [-0.39, 0.29) is 0 Å². The lowest BCUT2D eigenvalue weighted by molar-refractivity contribution is 0.679. The molecule has 2 aliphatic rings. The zero-order valence-corrected chi connectivity index (χ0v) is 5.96. The van der Waals surface area contributed by atoms with Crippen molar-refractivity contribution in [1.29, 1.82) is 0 Å². The molecule has 2 unspecified atom stereocenters. The molecule has 0 aromatic heterocycles. The predicted molar refractivity (Wildman–Crippen MR) is 40.1 cm³/mol. The van der Waals surface area contributed by atoms with Crippen LogP contribution in [0.1, 0.15) is 19.3 Å². The van der Waals surface area contributed by atoms with Gasteiger partial charge in [0.2, 0.25) is 0 Å². The van der Waals surface area contributed by atoms with E-state index in [1.54, 1.807) is 0 Å². The highest BCUT2D eigenvalue weighted by Crippen LogP contribution is 2.57. The first kappa shape index (κ1) is 6.01. The number of fused-ring (bicyclic) bond motifs is 1. The molecule has 2 saturated carbocycles. The van der Waals surface area contributed by atoms with Gasteiger partial charge in [-0.1, -0.05) is 6.42 Å². The molecule has 56 valence electrons. The van der Waals surface area contributed by atoms with Crippen LogP contribution in [0.3, 0.4) is 0 Å². The number of hydrogen-bond donors (Lipinski definition) is 2. The topological polar surface area (TPSA) is 64.4 Å². The van der Waals surface area contributed by atoms with Crippen LogP contribution >= 0.6 is 0 Å². The summed E-state index contributed by atoms with van der Waals surface area (Å²) >= 11 is 0. The molecule has 0 aliphatic heterocycles. The molecule has 2 atom stereocenters. The van der Waals surface area contributed by atoms with Gasteiger partial charge < -0.3 is 11.6 Å². The van der Waals surface area contributed by atoms with Gasteiger partial charge in [-0.05, 0) is 24.7 Å². The molecule has 2 rings (SSSR count). The molecular weight excluding hydrogens is 126 g/mol. The minimum Gasteiger partial charge on any atom is -0.385 e. The number of nitrogens with zero attached hydrogens (tertiary/aromatic N) is 1. The second-order valence-electron chi connectivity index (χ2n) is 3.34. The molecule has 2 aliphatic carbocycles. The highest BCUT2D eigenvalue weighted by molar-refractivity contribution is 5.86. The van der Waals surface area contributed by atoms with E-state index in [2.05, 4.69) is 5.10 Å². The summed E-state index contributed by atoms with van der Waals surface area (Å²) in [5.41, 5.74) is 5.59. The summed E-state index contributed by atoms with van der Waals surface area (Å²) in [6.07, 6.45) is 4.06. The number of hydrazone groups is 1. The number of nitrogens with two attached hydrogens (primary N) is 2. The molecule has 0 bridgehead atoms. The normalized spacial score (nSPS) is 45.2. The van der Waals surface area contributed by atoms with Crippen molar-refractivity contribution in [3.05, 3.63) is 0 Å². The average molecular weight is 139 g/mol. The van der Waals surface area contributed by atoms with Gasteiger partial charge in [0.1, 0.15) is 5.84 Å². The second-order valence-corrected chi connectivity index (χ2v) is 3.34. The van der Waals surface area contributed by atoms with Gasteiger partial charge in [0.25, 0.3) is 0 Å². The summed E-state index contributed by atoms with van der Waals surface area (Å²) in [5, 5.41) is 3.53. The number of rotatable bonds is 1. The maximum atomic E-state index is 5.59. The third-order valence-corrected chi connectivity index (χ3v) is 2.90. The lowest BCUT2D eigenvalue weighted by Crippen LogP contribution is -2.19.